The number of hydrogen-bond donors (Lipinski definition) is 1. The first-order valence-electron chi connectivity index (χ1n) is 6.79. The highest BCUT2D eigenvalue weighted by molar-refractivity contribution is 7.99. The fourth-order valence-corrected chi connectivity index (χ4v) is 3.59. The number of aromatic nitrogens is 6. The van der Waals surface area contributed by atoms with Gasteiger partial charge in [0.1, 0.15) is 0 Å². The molecular formula is C12H13N7OS. The Morgan fingerprint density at radius 1 is 1.19 bits per heavy atom. The van der Waals surface area contributed by atoms with E-state index in [9.17, 15) is 0 Å². The maximum Gasteiger partial charge on any atom is 0.214 e. The van der Waals surface area contributed by atoms with E-state index in [2.05, 4.69) is 25.8 Å². The van der Waals surface area contributed by atoms with Crippen LogP contribution in [0.5, 0.6) is 0 Å². The Balaban J connectivity index is 1.71. The lowest BCUT2D eigenvalue weighted by molar-refractivity contribution is 0.315. The van der Waals surface area contributed by atoms with Crippen LogP contribution in [0.2, 0.25) is 0 Å². The molecule has 1 aromatic carbocycles. The van der Waals surface area contributed by atoms with Crippen molar-refractivity contribution < 1.29 is 4.63 Å². The Kier molecular flexibility index (Phi) is 2.99. The molecule has 0 bridgehead atoms. The smallest absolute Gasteiger partial charge is 0.214 e. The molecule has 9 heteroatoms. The monoisotopic (exact) mass is 303 g/mol. The fraction of sp³-hybridized carbons (Fsp3) is 0.417. The Bertz CT molecular complexity index is 777. The first-order chi connectivity index (χ1) is 10.3. The third-order valence-corrected chi connectivity index (χ3v) is 4.74. The number of nitrogens with zero attached hydrogens (tertiary/aromatic N) is 6. The van der Waals surface area contributed by atoms with Crippen LogP contribution >= 0.6 is 11.8 Å². The van der Waals surface area contributed by atoms with Crippen LogP contribution in [0.25, 0.3) is 11.0 Å². The van der Waals surface area contributed by atoms with E-state index >= 15 is 0 Å². The largest absolute Gasteiger partial charge is 0.397 e. The molecule has 2 N–H and O–H groups in total. The van der Waals surface area contributed by atoms with Crippen LogP contribution < -0.4 is 5.73 Å². The van der Waals surface area contributed by atoms with E-state index in [1.807, 2.05) is 10.7 Å². The van der Waals surface area contributed by atoms with Gasteiger partial charge in [0, 0.05) is 4.90 Å². The second-order valence-corrected chi connectivity index (χ2v) is 6.07. The molecule has 0 aliphatic heterocycles. The van der Waals surface area contributed by atoms with Crippen molar-refractivity contribution in [2.24, 2.45) is 0 Å². The first kappa shape index (κ1) is 12.6. The van der Waals surface area contributed by atoms with Gasteiger partial charge in [-0.05, 0) is 57.5 Å². The maximum atomic E-state index is 5.86. The summed E-state index contributed by atoms with van der Waals surface area (Å²) in [5.74, 6) is 0. The number of nitrogen functional groups attached to an aromatic ring is 1. The number of benzene rings is 1. The summed E-state index contributed by atoms with van der Waals surface area (Å²) >= 11 is 1.46. The third-order valence-electron chi connectivity index (χ3n) is 3.74. The molecule has 1 aliphatic carbocycles. The van der Waals surface area contributed by atoms with Crippen LogP contribution in [0.1, 0.15) is 31.7 Å². The summed E-state index contributed by atoms with van der Waals surface area (Å²) in [6, 6.07) is 4.07. The Labute approximate surface area is 124 Å². The molecule has 0 saturated heterocycles. The lowest BCUT2D eigenvalue weighted by Crippen LogP contribution is -2.08. The van der Waals surface area contributed by atoms with Crippen molar-refractivity contribution in [1.29, 1.82) is 0 Å². The number of nitrogens with two attached hydrogens (primary N) is 1. The summed E-state index contributed by atoms with van der Waals surface area (Å²) in [4.78, 5) is 0.884. The Morgan fingerprint density at radius 2 is 2.00 bits per heavy atom. The normalized spacial score (nSPS) is 16.0. The molecule has 0 unspecified atom stereocenters. The van der Waals surface area contributed by atoms with E-state index in [1.165, 1.54) is 24.6 Å². The van der Waals surface area contributed by atoms with Crippen molar-refractivity contribution in [2.45, 2.75) is 41.8 Å². The minimum atomic E-state index is 0.391. The van der Waals surface area contributed by atoms with Gasteiger partial charge >= 0.3 is 0 Å². The highest BCUT2D eigenvalue weighted by Crippen LogP contribution is 2.36. The van der Waals surface area contributed by atoms with Crippen molar-refractivity contribution in [3.05, 3.63) is 12.1 Å². The molecule has 8 nitrogen and oxygen atoms in total. The van der Waals surface area contributed by atoms with E-state index in [4.69, 9.17) is 10.4 Å². The third kappa shape index (κ3) is 2.13. The second-order valence-electron chi connectivity index (χ2n) is 5.06. The molecule has 0 radical (unpaired) electrons. The zero-order chi connectivity index (χ0) is 14.2. The molecule has 1 fully saturated rings. The number of rotatable bonds is 3. The molecule has 21 heavy (non-hydrogen) atoms. The van der Waals surface area contributed by atoms with Gasteiger partial charge in [-0.1, -0.05) is 12.8 Å². The van der Waals surface area contributed by atoms with Gasteiger partial charge in [-0.15, -0.1) is 5.10 Å². The van der Waals surface area contributed by atoms with E-state index < -0.39 is 0 Å². The van der Waals surface area contributed by atoms with Gasteiger partial charge in [0.2, 0.25) is 5.16 Å². The topological polar surface area (TPSA) is 109 Å². The quantitative estimate of drug-likeness (QED) is 0.732. The van der Waals surface area contributed by atoms with Crippen molar-refractivity contribution in [1.82, 2.24) is 30.5 Å². The van der Waals surface area contributed by atoms with Crippen molar-refractivity contribution in [3.63, 3.8) is 0 Å². The van der Waals surface area contributed by atoms with Gasteiger partial charge in [0.15, 0.2) is 11.0 Å². The van der Waals surface area contributed by atoms with Crippen LogP contribution in [0.3, 0.4) is 0 Å². The van der Waals surface area contributed by atoms with Gasteiger partial charge in [0.05, 0.1) is 11.7 Å². The average molecular weight is 303 g/mol. The van der Waals surface area contributed by atoms with Gasteiger partial charge in [-0.25, -0.2) is 9.31 Å². The molecule has 4 rings (SSSR count). The number of anilines is 1. The molecule has 0 spiro atoms. The average Bonchev–Trinajstić information content (AvgIpc) is 3.21. The molecule has 1 saturated carbocycles. The summed E-state index contributed by atoms with van der Waals surface area (Å²) in [5.41, 5.74) is 7.61. The SMILES string of the molecule is Nc1ccc(Sc2nnnn2C2CCCC2)c2nonc12. The van der Waals surface area contributed by atoms with E-state index in [1.54, 1.807) is 6.07 Å². The first-order valence-corrected chi connectivity index (χ1v) is 7.61. The summed E-state index contributed by atoms with van der Waals surface area (Å²) in [7, 11) is 0. The lowest BCUT2D eigenvalue weighted by atomic mass is 10.3. The summed E-state index contributed by atoms with van der Waals surface area (Å²) < 4.78 is 6.69. The summed E-state index contributed by atoms with van der Waals surface area (Å²) in [5, 5.41) is 20.6. The van der Waals surface area contributed by atoms with E-state index in [0.29, 0.717) is 22.8 Å². The van der Waals surface area contributed by atoms with Crippen LogP contribution in [0.15, 0.2) is 26.8 Å². The molecule has 2 heterocycles. The Hall–Kier alpha value is -2.16. The van der Waals surface area contributed by atoms with Crippen molar-refractivity contribution >= 4 is 28.5 Å². The predicted molar refractivity (Wildman–Crippen MR) is 75.7 cm³/mol. The van der Waals surface area contributed by atoms with Crippen molar-refractivity contribution in [3.8, 4) is 0 Å². The van der Waals surface area contributed by atoms with Crippen LogP contribution in [0, 0.1) is 0 Å². The fourth-order valence-electron chi connectivity index (χ4n) is 2.67. The number of hydrogen-bond acceptors (Lipinski definition) is 8. The molecule has 3 aromatic rings. The Morgan fingerprint density at radius 3 is 2.86 bits per heavy atom. The van der Waals surface area contributed by atoms with Gasteiger partial charge in [-0.3, -0.25) is 0 Å². The van der Waals surface area contributed by atoms with Gasteiger partial charge in [-0.2, -0.15) is 0 Å². The van der Waals surface area contributed by atoms with Crippen LogP contribution in [-0.4, -0.2) is 30.5 Å². The van der Waals surface area contributed by atoms with Gasteiger partial charge in [0.25, 0.3) is 0 Å². The maximum absolute atomic E-state index is 5.86. The molecule has 0 amide bonds. The molecule has 108 valence electrons. The zero-order valence-corrected chi connectivity index (χ0v) is 12.0. The van der Waals surface area contributed by atoms with E-state index in [-0.39, 0.29) is 0 Å². The second kappa shape index (κ2) is 4.99. The summed E-state index contributed by atoms with van der Waals surface area (Å²) in [6.07, 6.45) is 4.71. The molecule has 2 aromatic heterocycles. The summed E-state index contributed by atoms with van der Waals surface area (Å²) in [6.45, 7) is 0. The van der Waals surface area contributed by atoms with Crippen LogP contribution in [-0.2, 0) is 0 Å². The molecule has 1 aliphatic rings. The lowest BCUT2D eigenvalue weighted by Gasteiger charge is -2.10. The minimum absolute atomic E-state index is 0.391. The predicted octanol–water partition coefficient (Wildman–Crippen LogP) is 2.06. The van der Waals surface area contributed by atoms with Crippen molar-refractivity contribution in [2.75, 3.05) is 5.73 Å². The highest BCUT2D eigenvalue weighted by atomic mass is 32.2. The molecule has 0 atom stereocenters. The van der Waals surface area contributed by atoms with Crippen LogP contribution in [0.4, 0.5) is 5.69 Å². The highest BCUT2D eigenvalue weighted by Gasteiger charge is 2.23. The molecular weight excluding hydrogens is 290 g/mol. The standard InChI is InChI=1S/C12H13N7OS/c13-8-5-6-9(11-10(8)15-20-16-11)21-12-14-17-18-19(12)7-3-1-2-4-7/h5-7H,1-4,13H2. The minimum Gasteiger partial charge on any atom is -0.397 e. The van der Waals surface area contributed by atoms with E-state index in [0.717, 1.165) is 22.9 Å². The zero-order valence-electron chi connectivity index (χ0n) is 11.1. The number of fused-ring (bicyclic) bond motifs is 1. The number of tetrazole rings is 1. The van der Waals surface area contributed by atoms with Gasteiger partial charge < -0.3 is 5.73 Å².